The van der Waals surface area contributed by atoms with Gasteiger partial charge in [0.2, 0.25) is 0 Å². The molecule has 0 amide bonds. The number of rotatable bonds is 3. The lowest BCUT2D eigenvalue weighted by Gasteiger charge is -2.08. The van der Waals surface area contributed by atoms with E-state index in [9.17, 15) is 5.26 Å². The van der Waals surface area contributed by atoms with Gasteiger partial charge in [-0.15, -0.1) is 0 Å². The van der Waals surface area contributed by atoms with Crippen LogP contribution in [0, 0.1) is 11.3 Å². The first-order valence-corrected chi connectivity index (χ1v) is 6.88. The third-order valence-electron chi connectivity index (χ3n) is 2.69. The Balaban J connectivity index is 2.61. The number of benzene rings is 1. The van der Waals surface area contributed by atoms with Crippen LogP contribution in [0.25, 0.3) is 10.6 Å². The summed E-state index contributed by atoms with van der Waals surface area (Å²) in [5, 5.41) is 9.71. The molecule has 0 atom stereocenters. The maximum atomic E-state index is 9.36. The summed E-state index contributed by atoms with van der Waals surface area (Å²) in [5.74, 6) is 0.671. The van der Waals surface area contributed by atoms with Crippen molar-refractivity contribution in [3.05, 3.63) is 58.3 Å². The van der Waals surface area contributed by atoms with Crippen molar-refractivity contribution in [3.8, 4) is 11.8 Å². The summed E-state index contributed by atoms with van der Waals surface area (Å²) >= 11 is 9.82. The highest BCUT2D eigenvalue weighted by atomic mass is 79.9. The molecular formula is C15H10BrClN2O. The van der Waals surface area contributed by atoms with Gasteiger partial charge in [0.25, 0.3) is 0 Å². The quantitative estimate of drug-likeness (QED) is 0.767. The zero-order chi connectivity index (χ0) is 14.5. The van der Waals surface area contributed by atoms with E-state index in [4.69, 9.17) is 16.3 Å². The molecule has 1 aromatic heterocycles. The largest absolute Gasteiger partial charge is 0.497 e. The maximum absolute atomic E-state index is 9.36. The Kier molecular flexibility index (Phi) is 4.78. The third-order valence-corrected chi connectivity index (χ3v) is 3.78. The van der Waals surface area contributed by atoms with E-state index in [2.05, 4.69) is 27.0 Å². The zero-order valence-electron chi connectivity index (χ0n) is 10.6. The molecule has 0 aliphatic carbocycles. The number of pyridine rings is 1. The SMILES string of the molecule is COc1ccc(Br)c(/C(Cl)=C(/C#N)c2cccnc2)c1. The van der Waals surface area contributed by atoms with Gasteiger partial charge < -0.3 is 4.74 Å². The van der Waals surface area contributed by atoms with Gasteiger partial charge in [0.15, 0.2) is 0 Å². The predicted molar refractivity (Wildman–Crippen MR) is 83.2 cm³/mol. The summed E-state index contributed by atoms with van der Waals surface area (Å²) in [4.78, 5) is 4.01. The van der Waals surface area contributed by atoms with Gasteiger partial charge in [-0.3, -0.25) is 4.98 Å². The fourth-order valence-electron chi connectivity index (χ4n) is 1.69. The number of hydrogen-bond donors (Lipinski definition) is 0. The van der Waals surface area contributed by atoms with Gasteiger partial charge in [0.1, 0.15) is 11.8 Å². The molecular weight excluding hydrogens is 340 g/mol. The van der Waals surface area contributed by atoms with Gasteiger partial charge in [-0.25, -0.2) is 0 Å². The second-order valence-electron chi connectivity index (χ2n) is 3.89. The van der Waals surface area contributed by atoms with Crippen molar-refractivity contribution in [3.63, 3.8) is 0 Å². The van der Waals surface area contributed by atoms with E-state index >= 15 is 0 Å². The highest BCUT2D eigenvalue weighted by molar-refractivity contribution is 9.10. The Morgan fingerprint density at radius 1 is 1.40 bits per heavy atom. The molecule has 2 rings (SSSR count). The fourth-order valence-corrected chi connectivity index (χ4v) is 2.55. The first kappa shape index (κ1) is 14.6. The average Bonchev–Trinajstić information content (AvgIpc) is 2.49. The third kappa shape index (κ3) is 3.01. The van der Waals surface area contributed by atoms with Crippen molar-refractivity contribution >= 4 is 38.1 Å². The van der Waals surface area contributed by atoms with Crippen LogP contribution in [0.15, 0.2) is 47.2 Å². The molecule has 2 aromatic rings. The summed E-state index contributed by atoms with van der Waals surface area (Å²) in [6.07, 6.45) is 3.25. The molecule has 1 aromatic carbocycles. The van der Waals surface area contributed by atoms with Gasteiger partial charge in [0.05, 0.1) is 17.7 Å². The molecule has 0 N–H and O–H groups in total. The summed E-state index contributed by atoms with van der Waals surface area (Å²) in [7, 11) is 1.58. The molecule has 3 nitrogen and oxygen atoms in total. The van der Waals surface area contributed by atoms with Crippen LogP contribution in [-0.2, 0) is 0 Å². The van der Waals surface area contributed by atoms with Gasteiger partial charge in [-0.05, 0) is 24.3 Å². The van der Waals surface area contributed by atoms with Crippen LogP contribution < -0.4 is 4.74 Å². The van der Waals surface area contributed by atoms with Crippen LogP contribution >= 0.6 is 27.5 Å². The minimum Gasteiger partial charge on any atom is -0.497 e. The summed E-state index contributed by atoms with van der Waals surface area (Å²) in [5.41, 5.74) is 1.75. The number of aromatic nitrogens is 1. The standard InChI is InChI=1S/C15H10BrClN2O/c1-20-11-4-5-14(16)12(7-11)15(17)13(8-18)10-3-2-6-19-9-10/h2-7,9H,1H3/b15-13+. The Hall–Kier alpha value is -1.83. The van der Waals surface area contributed by atoms with E-state index in [0.29, 0.717) is 27.5 Å². The highest BCUT2D eigenvalue weighted by Gasteiger charge is 2.13. The van der Waals surface area contributed by atoms with Crippen LogP contribution in [0.5, 0.6) is 5.75 Å². The van der Waals surface area contributed by atoms with E-state index in [0.717, 1.165) is 4.47 Å². The second kappa shape index (κ2) is 6.56. The second-order valence-corrected chi connectivity index (χ2v) is 5.12. The molecule has 5 heteroatoms. The molecule has 0 spiro atoms. The van der Waals surface area contributed by atoms with E-state index in [1.54, 1.807) is 37.7 Å². The van der Waals surface area contributed by atoms with Gasteiger partial charge >= 0.3 is 0 Å². The first-order chi connectivity index (χ1) is 9.67. The smallest absolute Gasteiger partial charge is 0.119 e. The molecule has 0 aliphatic rings. The number of nitrogens with zero attached hydrogens (tertiary/aromatic N) is 2. The molecule has 20 heavy (non-hydrogen) atoms. The van der Waals surface area contributed by atoms with Crippen LogP contribution in [0.3, 0.4) is 0 Å². The molecule has 0 saturated carbocycles. The normalized spacial score (nSPS) is 11.5. The number of halogens is 2. The van der Waals surface area contributed by atoms with Crippen LogP contribution in [0.1, 0.15) is 11.1 Å². The number of allylic oxidation sites excluding steroid dienone is 1. The molecule has 0 unspecified atom stereocenters. The van der Waals surface area contributed by atoms with Crippen molar-refractivity contribution < 1.29 is 4.74 Å². The van der Waals surface area contributed by atoms with Crippen molar-refractivity contribution in [1.82, 2.24) is 4.98 Å². The van der Waals surface area contributed by atoms with Crippen LogP contribution in [0.2, 0.25) is 0 Å². The zero-order valence-corrected chi connectivity index (χ0v) is 12.9. The van der Waals surface area contributed by atoms with Crippen molar-refractivity contribution in [1.29, 1.82) is 5.26 Å². The topological polar surface area (TPSA) is 45.9 Å². The van der Waals surface area contributed by atoms with E-state index in [1.807, 2.05) is 12.1 Å². The van der Waals surface area contributed by atoms with Crippen molar-refractivity contribution in [2.75, 3.05) is 7.11 Å². The van der Waals surface area contributed by atoms with Crippen molar-refractivity contribution in [2.45, 2.75) is 0 Å². The van der Waals surface area contributed by atoms with E-state index < -0.39 is 0 Å². The predicted octanol–water partition coefficient (Wildman–Crippen LogP) is 4.48. The summed E-state index contributed by atoms with van der Waals surface area (Å²) < 4.78 is 5.97. The summed E-state index contributed by atoms with van der Waals surface area (Å²) in [6, 6.07) is 11.1. The van der Waals surface area contributed by atoms with E-state index in [-0.39, 0.29) is 0 Å². The minimum atomic E-state index is 0.353. The molecule has 0 bridgehead atoms. The summed E-state index contributed by atoms with van der Waals surface area (Å²) in [6.45, 7) is 0. The number of methoxy groups -OCH3 is 1. The van der Waals surface area contributed by atoms with Crippen LogP contribution in [0.4, 0.5) is 0 Å². The number of hydrogen-bond acceptors (Lipinski definition) is 3. The average molecular weight is 350 g/mol. The Morgan fingerprint density at radius 3 is 2.80 bits per heavy atom. The Bertz CT molecular complexity index is 693. The molecule has 1 heterocycles. The maximum Gasteiger partial charge on any atom is 0.119 e. The highest BCUT2D eigenvalue weighted by Crippen LogP contribution is 2.35. The monoisotopic (exact) mass is 348 g/mol. The Morgan fingerprint density at radius 2 is 2.20 bits per heavy atom. The van der Waals surface area contributed by atoms with Gasteiger partial charge in [-0.1, -0.05) is 33.6 Å². The molecule has 100 valence electrons. The van der Waals surface area contributed by atoms with E-state index in [1.165, 1.54) is 0 Å². The molecule has 0 saturated heterocycles. The number of ether oxygens (including phenoxy) is 1. The molecule has 0 radical (unpaired) electrons. The lowest BCUT2D eigenvalue weighted by molar-refractivity contribution is 0.414. The van der Waals surface area contributed by atoms with Crippen LogP contribution in [-0.4, -0.2) is 12.1 Å². The molecule has 0 fully saturated rings. The van der Waals surface area contributed by atoms with Crippen molar-refractivity contribution in [2.24, 2.45) is 0 Å². The minimum absolute atomic E-state index is 0.353. The molecule has 0 aliphatic heterocycles. The Labute approximate surface area is 130 Å². The lowest BCUT2D eigenvalue weighted by atomic mass is 10.1. The number of nitriles is 1. The van der Waals surface area contributed by atoms with Gasteiger partial charge in [-0.2, -0.15) is 5.26 Å². The fraction of sp³-hybridized carbons (Fsp3) is 0.0667. The first-order valence-electron chi connectivity index (χ1n) is 5.71. The lowest BCUT2D eigenvalue weighted by Crippen LogP contribution is -1.90. The van der Waals surface area contributed by atoms with Gasteiger partial charge in [0, 0.05) is 28.0 Å².